The number of carbonyl (C=O) groups excluding carboxylic acids is 1. The molecule has 27 heavy (non-hydrogen) atoms. The first-order valence-electron chi connectivity index (χ1n) is 9.15. The third-order valence-electron chi connectivity index (χ3n) is 4.58. The number of benzene rings is 1. The molecule has 0 N–H and O–H groups in total. The Kier molecular flexibility index (Phi) is 4.62. The van der Waals surface area contributed by atoms with Gasteiger partial charge in [-0.15, -0.1) is 0 Å². The van der Waals surface area contributed by atoms with Crippen molar-refractivity contribution >= 4 is 11.7 Å². The van der Waals surface area contributed by atoms with E-state index in [0.29, 0.717) is 37.1 Å². The van der Waals surface area contributed by atoms with Crippen LogP contribution in [0.5, 0.6) is 5.75 Å². The zero-order valence-corrected chi connectivity index (χ0v) is 15.5. The molecule has 0 radical (unpaired) electrons. The van der Waals surface area contributed by atoms with Gasteiger partial charge in [0.15, 0.2) is 0 Å². The number of para-hydroxylation sites is 1. The van der Waals surface area contributed by atoms with Gasteiger partial charge < -0.3 is 4.74 Å². The fourth-order valence-corrected chi connectivity index (χ4v) is 3.12. The first-order valence-corrected chi connectivity index (χ1v) is 9.15. The summed E-state index contributed by atoms with van der Waals surface area (Å²) in [5, 5.41) is 4.51. The van der Waals surface area contributed by atoms with E-state index >= 15 is 0 Å². The quantitative estimate of drug-likeness (QED) is 0.695. The highest BCUT2D eigenvalue weighted by Crippen LogP contribution is 2.22. The highest BCUT2D eigenvalue weighted by Gasteiger charge is 2.28. The van der Waals surface area contributed by atoms with E-state index in [1.54, 1.807) is 9.58 Å². The number of hydrogen-bond acceptors (Lipinski definition) is 4. The van der Waals surface area contributed by atoms with Crippen LogP contribution in [0.2, 0.25) is 0 Å². The van der Waals surface area contributed by atoms with Gasteiger partial charge in [-0.25, -0.2) is 4.98 Å². The molecule has 1 aliphatic rings. The van der Waals surface area contributed by atoms with Gasteiger partial charge in [-0.1, -0.05) is 38.1 Å². The van der Waals surface area contributed by atoms with Crippen LogP contribution in [-0.2, 0) is 13.2 Å². The van der Waals surface area contributed by atoms with E-state index < -0.39 is 0 Å². The molecule has 0 fully saturated rings. The van der Waals surface area contributed by atoms with Crippen LogP contribution >= 0.6 is 0 Å². The third-order valence-corrected chi connectivity index (χ3v) is 4.58. The molecular formula is C21H22N4O2. The van der Waals surface area contributed by atoms with Crippen LogP contribution in [0.15, 0.2) is 54.6 Å². The Bertz CT molecular complexity index is 950. The lowest BCUT2D eigenvalue weighted by molar-refractivity contribution is 0.0961. The first-order chi connectivity index (χ1) is 13.1. The van der Waals surface area contributed by atoms with Gasteiger partial charge in [0.1, 0.15) is 29.6 Å². The Morgan fingerprint density at radius 1 is 1.07 bits per heavy atom. The summed E-state index contributed by atoms with van der Waals surface area (Å²) >= 11 is 0. The Hall–Kier alpha value is -3.15. The van der Waals surface area contributed by atoms with Crippen LogP contribution in [0.1, 0.15) is 41.6 Å². The summed E-state index contributed by atoms with van der Waals surface area (Å²) in [6.07, 6.45) is 0. The molecule has 0 bridgehead atoms. The molecule has 6 nitrogen and oxygen atoms in total. The van der Waals surface area contributed by atoms with E-state index in [0.717, 1.165) is 17.1 Å². The molecule has 0 atom stereocenters. The predicted octanol–water partition coefficient (Wildman–Crippen LogP) is 3.64. The van der Waals surface area contributed by atoms with E-state index in [2.05, 4.69) is 23.9 Å². The standard InChI is InChI=1S/C21H22N4O2/c1-15(2)18-9-6-10-20(22-18)24-11-12-25-19(21(24)26)13-16(23-25)14-27-17-7-4-3-5-8-17/h3-10,13,15H,11-12,14H2,1-2H3. The minimum Gasteiger partial charge on any atom is -0.487 e. The molecule has 3 heterocycles. The molecule has 3 aromatic rings. The number of pyridine rings is 1. The lowest BCUT2D eigenvalue weighted by Crippen LogP contribution is -2.41. The number of aromatic nitrogens is 3. The largest absolute Gasteiger partial charge is 0.487 e. The van der Waals surface area contributed by atoms with Crippen molar-refractivity contribution in [3.63, 3.8) is 0 Å². The smallest absolute Gasteiger partial charge is 0.277 e. The van der Waals surface area contributed by atoms with E-state index in [-0.39, 0.29) is 5.91 Å². The van der Waals surface area contributed by atoms with Gasteiger partial charge in [0, 0.05) is 12.2 Å². The van der Waals surface area contributed by atoms with Gasteiger partial charge in [-0.3, -0.25) is 14.4 Å². The molecule has 4 rings (SSSR count). The van der Waals surface area contributed by atoms with E-state index in [1.165, 1.54) is 0 Å². The number of ether oxygens (including phenoxy) is 1. The highest BCUT2D eigenvalue weighted by molar-refractivity contribution is 6.05. The molecular weight excluding hydrogens is 340 g/mol. The topological polar surface area (TPSA) is 60.2 Å². The van der Waals surface area contributed by atoms with Crippen LogP contribution in [0.4, 0.5) is 5.82 Å². The summed E-state index contributed by atoms with van der Waals surface area (Å²) in [6, 6.07) is 17.2. The molecule has 0 saturated carbocycles. The Morgan fingerprint density at radius 3 is 2.67 bits per heavy atom. The van der Waals surface area contributed by atoms with Crippen molar-refractivity contribution in [3.8, 4) is 5.75 Å². The number of hydrogen-bond donors (Lipinski definition) is 0. The minimum absolute atomic E-state index is 0.0758. The van der Waals surface area contributed by atoms with Gasteiger partial charge >= 0.3 is 0 Å². The number of anilines is 1. The zero-order valence-electron chi connectivity index (χ0n) is 15.5. The second-order valence-corrected chi connectivity index (χ2v) is 6.88. The Balaban J connectivity index is 1.52. The highest BCUT2D eigenvalue weighted by atomic mass is 16.5. The Morgan fingerprint density at radius 2 is 1.89 bits per heavy atom. The minimum atomic E-state index is -0.0758. The summed E-state index contributed by atoms with van der Waals surface area (Å²) < 4.78 is 7.50. The van der Waals surface area contributed by atoms with Crippen molar-refractivity contribution in [2.24, 2.45) is 0 Å². The molecule has 1 amide bonds. The maximum atomic E-state index is 13.0. The molecule has 1 aromatic carbocycles. The van der Waals surface area contributed by atoms with Crippen molar-refractivity contribution in [1.29, 1.82) is 0 Å². The van der Waals surface area contributed by atoms with Gasteiger partial charge in [0.2, 0.25) is 0 Å². The summed E-state index contributed by atoms with van der Waals surface area (Å²) in [5.74, 6) is 1.72. The number of fused-ring (bicyclic) bond motifs is 1. The normalized spacial score (nSPS) is 13.7. The van der Waals surface area contributed by atoms with Crippen molar-refractivity contribution < 1.29 is 9.53 Å². The van der Waals surface area contributed by atoms with Crippen molar-refractivity contribution in [2.75, 3.05) is 11.4 Å². The zero-order chi connectivity index (χ0) is 18.8. The summed E-state index contributed by atoms with van der Waals surface area (Å²) in [7, 11) is 0. The first kappa shape index (κ1) is 17.3. The third kappa shape index (κ3) is 3.56. The molecule has 0 unspecified atom stereocenters. The maximum Gasteiger partial charge on any atom is 0.277 e. The molecule has 0 saturated heterocycles. The number of carbonyl (C=O) groups is 1. The second kappa shape index (κ2) is 7.23. The van der Waals surface area contributed by atoms with Crippen molar-refractivity contribution in [2.45, 2.75) is 32.9 Å². The molecule has 0 aliphatic carbocycles. The van der Waals surface area contributed by atoms with Gasteiger partial charge in [-0.05, 0) is 36.2 Å². The molecule has 138 valence electrons. The van der Waals surface area contributed by atoms with E-state index in [4.69, 9.17) is 4.74 Å². The average Bonchev–Trinajstić information content (AvgIpc) is 3.12. The summed E-state index contributed by atoms with van der Waals surface area (Å²) in [4.78, 5) is 19.3. The summed E-state index contributed by atoms with van der Waals surface area (Å²) in [6.45, 7) is 5.72. The van der Waals surface area contributed by atoms with Crippen LogP contribution in [0.3, 0.4) is 0 Å². The van der Waals surface area contributed by atoms with Crippen LogP contribution in [0.25, 0.3) is 0 Å². The second-order valence-electron chi connectivity index (χ2n) is 6.88. The molecule has 6 heteroatoms. The van der Waals surface area contributed by atoms with Gasteiger partial charge in [0.25, 0.3) is 5.91 Å². The maximum absolute atomic E-state index is 13.0. The Labute approximate surface area is 158 Å². The lowest BCUT2D eigenvalue weighted by Gasteiger charge is -2.27. The van der Waals surface area contributed by atoms with Crippen molar-refractivity contribution in [1.82, 2.24) is 14.8 Å². The predicted molar refractivity (Wildman–Crippen MR) is 103 cm³/mol. The fourth-order valence-electron chi connectivity index (χ4n) is 3.12. The molecule has 1 aliphatic heterocycles. The summed E-state index contributed by atoms with van der Waals surface area (Å²) in [5.41, 5.74) is 2.30. The number of rotatable bonds is 5. The van der Waals surface area contributed by atoms with Crippen molar-refractivity contribution in [3.05, 3.63) is 71.7 Å². The molecule has 2 aromatic heterocycles. The van der Waals surface area contributed by atoms with E-state index in [9.17, 15) is 4.79 Å². The average molecular weight is 362 g/mol. The number of nitrogens with zero attached hydrogens (tertiary/aromatic N) is 4. The molecule has 0 spiro atoms. The van der Waals surface area contributed by atoms with Crippen LogP contribution in [-0.4, -0.2) is 27.2 Å². The van der Waals surface area contributed by atoms with Gasteiger partial charge in [-0.2, -0.15) is 5.10 Å². The monoisotopic (exact) mass is 362 g/mol. The lowest BCUT2D eigenvalue weighted by atomic mass is 10.1. The SMILES string of the molecule is CC(C)c1cccc(N2CCn3nc(COc4ccccc4)cc3C2=O)n1. The van der Waals surface area contributed by atoms with Crippen LogP contribution in [0, 0.1) is 0 Å². The van der Waals surface area contributed by atoms with Gasteiger partial charge in [0.05, 0.1) is 6.54 Å². The fraction of sp³-hybridized carbons (Fsp3) is 0.286. The number of amides is 1. The van der Waals surface area contributed by atoms with Crippen LogP contribution < -0.4 is 9.64 Å². The van der Waals surface area contributed by atoms with E-state index in [1.807, 2.05) is 54.6 Å².